The summed E-state index contributed by atoms with van der Waals surface area (Å²) < 4.78 is 13.9. The minimum absolute atomic E-state index is 0.0580. The van der Waals surface area contributed by atoms with Crippen molar-refractivity contribution in [2.45, 2.75) is 18.9 Å². The van der Waals surface area contributed by atoms with Gasteiger partial charge in [0.25, 0.3) is 11.8 Å². The number of benzene rings is 2. The summed E-state index contributed by atoms with van der Waals surface area (Å²) in [5.74, 6) is -0.385. The van der Waals surface area contributed by atoms with Crippen LogP contribution in [-0.2, 0) is 0 Å². The van der Waals surface area contributed by atoms with Gasteiger partial charge in [0.05, 0.1) is 5.69 Å². The second-order valence-electron chi connectivity index (χ2n) is 7.06. The topological polar surface area (TPSA) is 52.7 Å². The molecule has 0 radical (unpaired) electrons. The summed E-state index contributed by atoms with van der Waals surface area (Å²) in [4.78, 5) is 28.5. The van der Waals surface area contributed by atoms with Crippen LogP contribution in [0.2, 0.25) is 0 Å². The van der Waals surface area contributed by atoms with E-state index >= 15 is 0 Å². The van der Waals surface area contributed by atoms with Crippen LogP contribution < -0.4 is 10.2 Å². The SMILES string of the molecule is O=C(NC1CC1)c1ccc(C(=O)N2CCN(c3ccccc3F)CC2)cc1. The normalized spacial score (nSPS) is 16.9. The van der Waals surface area contributed by atoms with Gasteiger partial charge in [-0.3, -0.25) is 9.59 Å². The van der Waals surface area contributed by atoms with E-state index in [9.17, 15) is 14.0 Å². The van der Waals surface area contributed by atoms with Crippen molar-refractivity contribution in [3.8, 4) is 0 Å². The number of nitrogens with zero attached hydrogens (tertiary/aromatic N) is 2. The van der Waals surface area contributed by atoms with Crippen molar-refractivity contribution < 1.29 is 14.0 Å². The molecule has 140 valence electrons. The lowest BCUT2D eigenvalue weighted by atomic mass is 10.1. The number of carbonyl (C=O) groups is 2. The van der Waals surface area contributed by atoms with Crippen LogP contribution >= 0.6 is 0 Å². The Morgan fingerprint density at radius 1 is 0.889 bits per heavy atom. The summed E-state index contributed by atoms with van der Waals surface area (Å²) in [6, 6.07) is 13.8. The Labute approximate surface area is 157 Å². The minimum atomic E-state index is -0.239. The molecular weight excluding hydrogens is 345 g/mol. The molecule has 1 aliphatic heterocycles. The standard InChI is InChI=1S/C21H22FN3O2/c22-18-3-1-2-4-19(18)24-11-13-25(14-12-24)21(27)16-7-5-15(6-8-16)20(26)23-17-9-10-17/h1-8,17H,9-14H2,(H,23,26). The van der Waals surface area contributed by atoms with Crippen LogP contribution in [-0.4, -0.2) is 48.9 Å². The number of para-hydroxylation sites is 1. The Morgan fingerprint density at radius 2 is 1.52 bits per heavy atom. The van der Waals surface area contributed by atoms with E-state index < -0.39 is 0 Å². The summed E-state index contributed by atoms with van der Waals surface area (Å²) >= 11 is 0. The van der Waals surface area contributed by atoms with Crippen LogP contribution in [0.5, 0.6) is 0 Å². The van der Waals surface area contributed by atoms with E-state index in [1.54, 1.807) is 41.3 Å². The van der Waals surface area contributed by atoms with Gasteiger partial charge < -0.3 is 15.1 Å². The quantitative estimate of drug-likeness (QED) is 0.904. The highest BCUT2D eigenvalue weighted by Gasteiger charge is 2.25. The summed E-state index contributed by atoms with van der Waals surface area (Å²) in [5.41, 5.74) is 1.72. The third kappa shape index (κ3) is 3.94. The second-order valence-corrected chi connectivity index (χ2v) is 7.06. The summed E-state index contributed by atoms with van der Waals surface area (Å²) in [5, 5.41) is 2.94. The first-order valence-electron chi connectivity index (χ1n) is 9.31. The van der Waals surface area contributed by atoms with Gasteiger partial charge in [-0.25, -0.2) is 4.39 Å². The molecule has 2 aliphatic rings. The fourth-order valence-corrected chi connectivity index (χ4v) is 3.30. The molecule has 4 rings (SSSR count). The van der Waals surface area contributed by atoms with Gasteiger partial charge >= 0.3 is 0 Å². The fraction of sp³-hybridized carbons (Fsp3) is 0.333. The van der Waals surface area contributed by atoms with Crippen LogP contribution in [0.3, 0.4) is 0 Å². The Bertz CT molecular complexity index is 841. The zero-order chi connectivity index (χ0) is 18.8. The second kappa shape index (κ2) is 7.39. The van der Waals surface area contributed by atoms with Crippen LogP contribution in [0.25, 0.3) is 0 Å². The van der Waals surface area contributed by atoms with Crippen molar-refractivity contribution in [3.05, 3.63) is 65.5 Å². The van der Waals surface area contributed by atoms with Crippen LogP contribution in [0.15, 0.2) is 48.5 Å². The molecule has 2 fully saturated rings. The largest absolute Gasteiger partial charge is 0.366 e. The zero-order valence-corrected chi connectivity index (χ0v) is 15.0. The van der Waals surface area contributed by atoms with E-state index in [4.69, 9.17) is 0 Å². The maximum absolute atomic E-state index is 13.9. The van der Waals surface area contributed by atoms with Gasteiger partial charge in [0.1, 0.15) is 5.82 Å². The first-order chi connectivity index (χ1) is 13.1. The molecule has 2 amide bonds. The van der Waals surface area contributed by atoms with Crippen molar-refractivity contribution in [2.24, 2.45) is 0 Å². The van der Waals surface area contributed by atoms with E-state index in [2.05, 4.69) is 5.32 Å². The number of nitrogens with one attached hydrogen (secondary N) is 1. The molecule has 1 saturated heterocycles. The molecule has 2 aromatic carbocycles. The van der Waals surface area contributed by atoms with Crippen molar-refractivity contribution in [2.75, 3.05) is 31.1 Å². The van der Waals surface area contributed by atoms with E-state index in [-0.39, 0.29) is 17.6 Å². The molecule has 5 nitrogen and oxygen atoms in total. The predicted molar refractivity (Wildman–Crippen MR) is 101 cm³/mol. The van der Waals surface area contributed by atoms with Crippen molar-refractivity contribution >= 4 is 17.5 Å². The molecule has 0 unspecified atom stereocenters. The average Bonchev–Trinajstić information content (AvgIpc) is 3.52. The predicted octanol–water partition coefficient (Wildman–Crippen LogP) is 2.68. The number of rotatable bonds is 4. The zero-order valence-electron chi connectivity index (χ0n) is 15.0. The van der Waals surface area contributed by atoms with Crippen LogP contribution in [0.1, 0.15) is 33.6 Å². The van der Waals surface area contributed by atoms with Gasteiger partial charge in [0, 0.05) is 43.3 Å². The van der Waals surface area contributed by atoms with E-state index in [0.717, 1.165) is 12.8 Å². The lowest BCUT2D eigenvalue weighted by Crippen LogP contribution is -2.49. The fourth-order valence-electron chi connectivity index (χ4n) is 3.30. The Balaban J connectivity index is 1.36. The highest BCUT2D eigenvalue weighted by Crippen LogP contribution is 2.21. The molecule has 0 aromatic heterocycles. The summed E-state index contributed by atoms with van der Waals surface area (Å²) in [6.07, 6.45) is 2.09. The molecule has 2 aromatic rings. The third-order valence-electron chi connectivity index (χ3n) is 5.07. The van der Waals surface area contributed by atoms with E-state index in [0.29, 0.717) is 49.0 Å². The van der Waals surface area contributed by atoms with Gasteiger partial charge in [-0.05, 0) is 49.2 Å². The molecule has 1 saturated carbocycles. The number of hydrogen-bond donors (Lipinski definition) is 1. The Hall–Kier alpha value is -2.89. The number of halogens is 1. The average molecular weight is 367 g/mol. The van der Waals surface area contributed by atoms with Gasteiger partial charge in [-0.1, -0.05) is 12.1 Å². The maximum Gasteiger partial charge on any atom is 0.253 e. The number of amides is 2. The highest BCUT2D eigenvalue weighted by atomic mass is 19.1. The number of anilines is 1. The van der Waals surface area contributed by atoms with Crippen LogP contribution in [0.4, 0.5) is 10.1 Å². The van der Waals surface area contributed by atoms with Gasteiger partial charge in [-0.15, -0.1) is 0 Å². The molecule has 27 heavy (non-hydrogen) atoms. The molecule has 1 aliphatic carbocycles. The molecule has 0 spiro atoms. The lowest BCUT2D eigenvalue weighted by Gasteiger charge is -2.36. The Morgan fingerprint density at radius 3 is 2.15 bits per heavy atom. The molecule has 0 bridgehead atoms. The smallest absolute Gasteiger partial charge is 0.253 e. The molecule has 1 N–H and O–H groups in total. The van der Waals surface area contributed by atoms with Gasteiger partial charge in [0.2, 0.25) is 0 Å². The van der Waals surface area contributed by atoms with Crippen molar-refractivity contribution in [3.63, 3.8) is 0 Å². The highest BCUT2D eigenvalue weighted by molar-refractivity contribution is 5.98. The van der Waals surface area contributed by atoms with E-state index in [1.165, 1.54) is 6.07 Å². The Kier molecular flexibility index (Phi) is 4.79. The van der Waals surface area contributed by atoms with Gasteiger partial charge in [0.15, 0.2) is 0 Å². The third-order valence-corrected chi connectivity index (χ3v) is 5.07. The molecule has 0 atom stereocenters. The van der Waals surface area contributed by atoms with Crippen molar-refractivity contribution in [1.29, 1.82) is 0 Å². The number of piperazine rings is 1. The number of carbonyl (C=O) groups excluding carboxylic acids is 2. The van der Waals surface area contributed by atoms with Crippen molar-refractivity contribution in [1.82, 2.24) is 10.2 Å². The molecule has 6 heteroatoms. The van der Waals surface area contributed by atoms with Gasteiger partial charge in [-0.2, -0.15) is 0 Å². The number of hydrogen-bond acceptors (Lipinski definition) is 3. The lowest BCUT2D eigenvalue weighted by molar-refractivity contribution is 0.0746. The maximum atomic E-state index is 13.9. The summed E-state index contributed by atoms with van der Waals surface area (Å²) in [6.45, 7) is 2.26. The molecule has 1 heterocycles. The first kappa shape index (κ1) is 17.5. The minimum Gasteiger partial charge on any atom is -0.366 e. The molecular formula is C21H22FN3O2. The van der Waals surface area contributed by atoms with Crippen LogP contribution in [0, 0.1) is 5.82 Å². The summed E-state index contributed by atoms with van der Waals surface area (Å²) in [7, 11) is 0. The monoisotopic (exact) mass is 367 g/mol. The first-order valence-corrected chi connectivity index (χ1v) is 9.31. The van der Waals surface area contributed by atoms with E-state index in [1.807, 2.05) is 11.0 Å².